The summed E-state index contributed by atoms with van der Waals surface area (Å²) in [6.07, 6.45) is 5.90. The third-order valence-corrected chi connectivity index (χ3v) is 16.2. The highest BCUT2D eigenvalue weighted by Gasteiger charge is 2.77. The zero-order chi connectivity index (χ0) is 43.3. The second-order valence-corrected chi connectivity index (χ2v) is 20.2. The fourth-order valence-electron chi connectivity index (χ4n) is 12.9. The van der Waals surface area contributed by atoms with E-state index in [4.69, 9.17) is 23.8 Å². The Hall–Kier alpha value is -4.43. The van der Waals surface area contributed by atoms with E-state index < -0.39 is 53.7 Å². The van der Waals surface area contributed by atoms with Gasteiger partial charge >= 0.3 is 5.97 Å². The molecule has 0 radical (unpaired) electrons. The SMILES string of the molecule is CC1(C)C[C@@H]2C(=Cc3ccccc3CN3O[C@@H]4[C@H]5OC(c6ccccc6)(c6ccccc6)O[C@H]5[C@@H]5C[C@]4(C(=O)N4CCC[C@@H]4C(=O)NCCO)[C@@H]3C(=O)O5)CCC3O[C@]3(C)CC[C@H]21. The van der Waals surface area contributed by atoms with E-state index in [1.165, 1.54) is 5.57 Å². The lowest BCUT2D eigenvalue weighted by atomic mass is 9.52. The van der Waals surface area contributed by atoms with Gasteiger partial charge in [-0.05, 0) is 80.2 Å². The van der Waals surface area contributed by atoms with Crippen LogP contribution in [0.1, 0.15) is 94.4 Å². The summed E-state index contributed by atoms with van der Waals surface area (Å²) >= 11 is 0. The number of aliphatic hydroxyl groups excluding tert-OH is 1. The topological polar surface area (TPSA) is 139 Å². The minimum Gasteiger partial charge on any atom is -0.458 e. The van der Waals surface area contributed by atoms with Crippen LogP contribution in [0.15, 0.2) is 90.5 Å². The fraction of sp³-hybridized carbons (Fsp3) is 0.549. The number of amides is 2. The molecule has 2 N–H and O–H groups in total. The highest BCUT2D eigenvalue weighted by molar-refractivity contribution is 5.96. The number of esters is 1. The van der Waals surface area contributed by atoms with Crippen molar-refractivity contribution in [2.24, 2.45) is 22.7 Å². The number of fused-ring (bicyclic) bond motifs is 6. The number of nitrogens with zero attached hydrogens (tertiary/aromatic N) is 2. The maximum atomic E-state index is 15.7. The van der Waals surface area contributed by atoms with Crippen molar-refractivity contribution in [1.82, 2.24) is 15.3 Å². The number of allylic oxidation sites excluding steroid dienone is 1. The number of likely N-dealkylation sites (tertiary alicyclic amines) is 1. The van der Waals surface area contributed by atoms with E-state index in [1.54, 1.807) is 9.96 Å². The van der Waals surface area contributed by atoms with Gasteiger partial charge in [-0.25, -0.2) is 0 Å². The summed E-state index contributed by atoms with van der Waals surface area (Å²) in [5, 5.41) is 14.0. The molecule has 3 aromatic carbocycles. The highest BCUT2D eigenvalue weighted by atomic mass is 16.8. The number of hydrogen-bond donors (Lipinski definition) is 2. The first-order valence-corrected chi connectivity index (χ1v) is 23.2. The van der Waals surface area contributed by atoms with E-state index in [2.05, 4.69) is 50.4 Å². The van der Waals surface area contributed by atoms with Crippen LogP contribution in [0.3, 0.4) is 0 Å². The third kappa shape index (κ3) is 6.56. The van der Waals surface area contributed by atoms with Crippen LogP contribution in [0.2, 0.25) is 0 Å². The lowest BCUT2D eigenvalue weighted by Gasteiger charge is -2.53. The van der Waals surface area contributed by atoms with Crippen molar-refractivity contribution in [3.05, 3.63) is 113 Å². The molecule has 11 atom stereocenters. The van der Waals surface area contributed by atoms with Crippen LogP contribution < -0.4 is 5.32 Å². The molecule has 3 saturated carbocycles. The second kappa shape index (κ2) is 15.3. The van der Waals surface area contributed by atoms with Crippen LogP contribution in [0.25, 0.3) is 6.08 Å². The van der Waals surface area contributed by atoms with Crippen molar-refractivity contribution in [3.63, 3.8) is 0 Å². The molecule has 8 aliphatic rings. The predicted molar refractivity (Wildman–Crippen MR) is 231 cm³/mol. The Kier molecular flexibility index (Phi) is 10.1. The number of ether oxygens (including phenoxy) is 4. The molecule has 12 heteroatoms. The third-order valence-electron chi connectivity index (χ3n) is 16.2. The Labute approximate surface area is 369 Å². The number of nitrogens with one attached hydrogen (secondary N) is 1. The van der Waals surface area contributed by atoms with Gasteiger partial charge < -0.3 is 34.3 Å². The van der Waals surface area contributed by atoms with Gasteiger partial charge in [0.05, 0.1) is 24.9 Å². The number of hydrogen-bond acceptors (Lipinski definition) is 10. The number of carbonyl (C=O) groups is 3. The van der Waals surface area contributed by atoms with Gasteiger partial charge in [0.2, 0.25) is 17.6 Å². The number of aliphatic hydroxyl groups is 1. The second-order valence-electron chi connectivity index (χ2n) is 20.2. The normalized spacial score (nSPS) is 37.7. The first-order valence-electron chi connectivity index (χ1n) is 23.2. The minimum absolute atomic E-state index is 0.0122. The highest BCUT2D eigenvalue weighted by Crippen LogP contribution is 2.62. The van der Waals surface area contributed by atoms with Crippen molar-refractivity contribution >= 4 is 23.9 Å². The van der Waals surface area contributed by atoms with Crippen LogP contribution >= 0.6 is 0 Å². The smallest absolute Gasteiger partial charge is 0.327 e. The summed E-state index contributed by atoms with van der Waals surface area (Å²) in [6, 6.07) is 25.9. The maximum absolute atomic E-state index is 15.7. The predicted octanol–water partition coefficient (Wildman–Crippen LogP) is 6.05. The molecular weight excluding hydrogens is 799 g/mol. The fourth-order valence-corrected chi connectivity index (χ4v) is 12.9. The Bertz CT molecular complexity index is 2260. The summed E-state index contributed by atoms with van der Waals surface area (Å²) in [5.41, 5.74) is 3.80. The summed E-state index contributed by atoms with van der Waals surface area (Å²) in [5.74, 6) is -1.51. The van der Waals surface area contributed by atoms with Gasteiger partial charge in [0.15, 0.2) is 6.04 Å². The standard InChI is InChI=1S/C51H59N3O9/c1-48(2)28-36-32(20-21-40-49(3,60-40)23-22-37(36)48)27-31-13-10-11-14-33(31)30-54-43-46(57)59-39-29-50(43,47(58)53-25-12-19-38(53)45(56)52-24-26-55)44(63-54)42-41(39)61-51(62-42,34-15-6-4-7-16-34)35-17-8-5-9-18-35/h4-11,13-18,27,36-44,55H,12,19-26,28-30H2,1-3H3,(H,52,56)/t36-,37-,38-,39+,40?,41+,42+,43+,44-,49-,50+/m1/s1. The van der Waals surface area contributed by atoms with E-state index >= 15 is 4.79 Å². The lowest BCUT2D eigenvalue weighted by Crippen LogP contribution is -2.70. The van der Waals surface area contributed by atoms with E-state index in [-0.39, 0.29) is 55.1 Å². The average Bonchev–Trinajstić information content (AvgIpc) is 3.69. The Morgan fingerprint density at radius 1 is 0.873 bits per heavy atom. The molecule has 0 spiro atoms. The molecule has 332 valence electrons. The molecular formula is C51H59N3O9. The quantitative estimate of drug-likeness (QED) is 0.193. The molecule has 11 rings (SSSR count). The van der Waals surface area contributed by atoms with E-state index in [9.17, 15) is 14.7 Å². The van der Waals surface area contributed by atoms with Crippen LogP contribution in [0, 0.1) is 22.7 Å². The molecule has 5 aliphatic heterocycles. The Balaban J connectivity index is 0.982. The molecule has 2 bridgehead atoms. The molecule has 3 aromatic rings. The van der Waals surface area contributed by atoms with Gasteiger partial charge in [-0.2, -0.15) is 5.06 Å². The number of carbonyl (C=O) groups excluding carboxylic acids is 3. The van der Waals surface area contributed by atoms with Gasteiger partial charge in [0.25, 0.3) is 0 Å². The van der Waals surface area contributed by atoms with E-state index in [0.29, 0.717) is 31.2 Å². The lowest BCUT2D eigenvalue weighted by molar-refractivity contribution is -0.214. The van der Waals surface area contributed by atoms with Gasteiger partial charge in [-0.3, -0.25) is 19.2 Å². The largest absolute Gasteiger partial charge is 0.458 e. The zero-order valence-electron chi connectivity index (χ0n) is 36.4. The van der Waals surface area contributed by atoms with Gasteiger partial charge in [0.1, 0.15) is 35.9 Å². The molecule has 1 unspecified atom stereocenters. The van der Waals surface area contributed by atoms with Crippen LogP contribution in [0.5, 0.6) is 0 Å². The summed E-state index contributed by atoms with van der Waals surface area (Å²) < 4.78 is 27.0. The van der Waals surface area contributed by atoms with Crippen molar-refractivity contribution < 1.29 is 43.3 Å². The number of epoxide rings is 1. The summed E-state index contributed by atoms with van der Waals surface area (Å²) in [6.45, 7) is 7.50. The summed E-state index contributed by atoms with van der Waals surface area (Å²) in [7, 11) is 0. The first kappa shape index (κ1) is 41.3. The van der Waals surface area contributed by atoms with Crippen molar-refractivity contribution in [2.75, 3.05) is 19.7 Å². The molecule has 8 fully saturated rings. The Morgan fingerprint density at radius 3 is 2.32 bits per heavy atom. The molecule has 5 saturated heterocycles. The molecule has 63 heavy (non-hydrogen) atoms. The van der Waals surface area contributed by atoms with Gasteiger partial charge in [0, 0.05) is 30.6 Å². The summed E-state index contributed by atoms with van der Waals surface area (Å²) in [4.78, 5) is 52.8. The number of hydroxylamine groups is 2. The van der Waals surface area contributed by atoms with Crippen LogP contribution in [-0.2, 0) is 50.5 Å². The van der Waals surface area contributed by atoms with Gasteiger partial charge in [-0.1, -0.05) is 110 Å². The maximum Gasteiger partial charge on any atom is 0.327 e. The van der Waals surface area contributed by atoms with Crippen molar-refractivity contribution in [3.8, 4) is 0 Å². The molecule has 5 heterocycles. The monoisotopic (exact) mass is 857 g/mol. The average molecular weight is 858 g/mol. The number of benzene rings is 3. The van der Waals surface area contributed by atoms with Gasteiger partial charge in [-0.15, -0.1) is 0 Å². The van der Waals surface area contributed by atoms with E-state index in [1.807, 2.05) is 66.7 Å². The molecule has 0 aromatic heterocycles. The van der Waals surface area contributed by atoms with Crippen molar-refractivity contribution in [1.29, 1.82) is 0 Å². The van der Waals surface area contributed by atoms with Crippen LogP contribution in [-0.4, -0.2) is 101 Å². The van der Waals surface area contributed by atoms with Crippen molar-refractivity contribution in [2.45, 2.75) is 133 Å². The first-order chi connectivity index (χ1) is 30.5. The van der Waals surface area contributed by atoms with E-state index in [0.717, 1.165) is 54.4 Å². The molecule has 3 aliphatic carbocycles. The number of rotatable bonds is 9. The Morgan fingerprint density at radius 2 is 1.59 bits per heavy atom. The molecule has 12 nitrogen and oxygen atoms in total. The zero-order valence-corrected chi connectivity index (χ0v) is 36.4. The van der Waals surface area contributed by atoms with Crippen LogP contribution in [0.4, 0.5) is 0 Å². The minimum atomic E-state index is -1.46. The molecule has 2 amide bonds.